The molecule has 1 amide bonds. The molecule has 0 atom stereocenters. The van der Waals surface area contributed by atoms with Crippen molar-refractivity contribution in [2.24, 2.45) is 0 Å². The van der Waals surface area contributed by atoms with E-state index < -0.39 is 0 Å². The Labute approximate surface area is 152 Å². The van der Waals surface area contributed by atoms with E-state index in [0.29, 0.717) is 18.8 Å². The zero-order valence-corrected chi connectivity index (χ0v) is 15.0. The fourth-order valence-electron chi connectivity index (χ4n) is 3.55. The summed E-state index contributed by atoms with van der Waals surface area (Å²) >= 11 is 0. The Hall–Kier alpha value is -2.67. The number of aryl methyl sites for hydroxylation is 1. The van der Waals surface area contributed by atoms with Crippen LogP contribution >= 0.6 is 0 Å². The van der Waals surface area contributed by atoms with Crippen molar-refractivity contribution in [2.45, 2.75) is 26.3 Å². The molecule has 1 aromatic carbocycles. The van der Waals surface area contributed by atoms with Gasteiger partial charge in [-0.2, -0.15) is 5.10 Å². The van der Waals surface area contributed by atoms with Crippen LogP contribution in [0.25, 0.3) is 11.0 Å². The van der Waals surface area contributed by atoms with E-state index >= 15 is 0 Å². The highest BCUT2D eigenvalue weighted by atomic mass is 16.1. The molecule has 136 valence electrons. The number of carbonyl (C=O) groups excluding carboxylic acids is 1. The number of aromatic amines is 1. The lowest BCUT2D eigenvalue weighted by molar-refractivity contribution is 0.0944. The van der Waals surface area contributed by atoms with Crippen molar-refractivity contribution in [2.75, 3.05) is 26.2 Å². The van der Waals surface area contributed by atoms with Crippen molar-refractivity contribution < 1.29 is 4.79 Å². The normalized spacial score (nSPS) is 15.0. The summed E-state index contributed by atoms with van der Waals surface area (Å²) < 4.78 is 2.12. The lowest BCUT2D eigenvalue weighted by Crippen LogP contribution is -2.33. The van der Waals surface area contributed by atoms with Crippen LogP contribution < -0.4 is 5.32 Å². The van der Waals surface area contributed by atoms with Gasteiger partial charge in [-0.15, -0.1) is 0 Å². The number of amides is 1. The average molecular weight is 352 g/mol. The van der Waals surface area contributed by atoms with Crippen molar-refractivity contribution in [1.29, 1.82) is 0 Å². The Bertz CT molecular complexity index is 906. The number of benzene rings is 1. The third-order valence-electron chi connectivity index (χ3n) is 4.95. The van der Waals surface area contributed by atoms with Crippen LogP contribution in [-0.2, 0) is 6.54 Å². The zero-order chi connectivity index (χ0) is 17.9. The number of nitrogens with zero attached hydrogens (tertiary/aromatic N) is 4. The molecule has 3 aromatic rings. The topological polar surface area (TPSA) is 78.8 Å². The number of likely N-dealkylation sites (tertiary alicyclic amines) is 1. The smallest absolute Gasteiger partial charge is 0.271 e. The van der Waals surface area contributed by atoms with Gasteiger partial charge in [-0.05, 0) is 51.1 Å². The lowest BCUT2D eigenvalue weighted by atomic mass is 10.3. The minimum absolute atomic E-state index is 0.126. The van der Waals surface area contributed by atoms with Gasteiger partial charge in [-0.3, -0.25) is 9.89 Å². The second-order valence-electron chi connectivity index (χ2n) is 6.82. The molecular weight excluding hydrogens is 328 g/mol. The van der Waals surface area contributed by atoms with Crippen molar-refractivity contribution in [3.8, 4) is 0 Å². The highest BCUT2D eigenvalue weighted by molar-refractivity contribution is 5.92. The number of nitrogens with one attached hydrogen (secondary N) is 2. The van der Waals surface area contributed by atoms with Gasteiger partial charge >= 0.3 is 0 Å². The molecule has 1 aliphatic rings. The molecule has 3 heterocycles. The maximum absolute atomic E-state index is 12.3. The Morgan fingerprint density at radius 2 is 2.08 bits per heavy atom. The largest absolute Gasteiger partial charge is 0.349 e. The molecule has 0 bridgehead atoms. The molecule has 2 aromatic heterocycles. The molecule has 0 unspecified atom stereocenters. The maximum atomic E-state index is 12.3. The summed E-state index contributed by atoms with van der Waals surface area (Å²) in [6, 6.07) is 9.87. The summed E-state index contributed by atoms with van der Waals surface area (Å²) in [5, 5.41) is 10.1. The van der Waals surface area contributed by atoms with E-state index in [9.17, 15) is 4.79 Å². The fraction of sp³-hybridized carbons (Fsp3) is 0.421. The molecule has 0 radical (unpaired) electrons. The Balaban J connectivity index is 1.39. The lowest BCUT2D eigenvalue weighted by Gasteiger charge is -2.14. The van der Waals surface area contributed by atoms with Crippen molar-refractivity contribution in [3.05, 3.63) is 47.5 Å². The molecule has 2 N–H and O–H groups in total. The van der Waals surface area contributed by atoms with Crippen LogP contribution in [-0.4, -0.2) is 56.7 Å². The number of hydrogen-bond acceptors (Lipinski definition) is 4. The predicted octanol–water partition coefficient (Wildman–Crippen LogP) is 1.94. The Morgan fingerprint density at radius 1 is 1.27 bits per heavy atom. The number of carbonyl (C=O) groups is 1. The van der Waals surface area contributed by atoms with Gasteiger partial charge in [0.1, 0.15) is 11.5 Å². The minimum atomic E-state index is -0.126. The van der Waals surface area contributed by atoms with Gasteiger partial charge in [0.25, 0.3) is 5.91 Å². The molecule has 26 heavy (non-hydrogen) atoms. The van der Waals surface area contributed by atoms with Crippen LogP contribution in [0.5, 0.6) is 0 Å². The average Bonchev–Trinajstić information content (AvgIpc) is 3.37. The van der Waals surface area contributed by atoms with E-state index in [1.807, 2.05) is 31.2 Å². The first-order valence-corrected chi connectivity index (χ1v) is 9.17. The van der Waals surface area contributed by atoms with E-state index in [2.05, 4.69) is 36.0 Å². The molecule has 4 rings (SSSR count). The van der Waals surface area contributed by atoms with Crippen LogP contribution in [0.2, 0.25) is 0 Å². The summed E-state index contributed by atoms with van der Waals surface area (Å²) in [6.45, 7) is 6.44. The van der Waals surface area contributed by atoms with Crippen molar-refractivity contribution in [1.82, 2.24) is 30.0 Å². The van der Waals surface area contributed by atoms with Gasteiger partial charge in [0.15, 0.2) is 0 Å². The first-order valence-electron chi connectivity index (χ1n) is 9.17. The molecule has 7 heteroatoms. The molecule has 1 saturated heterocycles. The van der Waals surface area contributed by atoms with Gasteiger partial charge in [-0.1, -0.05) is 12.1 Å². The molecule has 0 aliphatic carbocycles. The Kier molecular flexibility index (Phi) is 4.71. The van der Waals surface area contributed by atoms with E-state index in [4.69, 9.17) is 0 Å². The summed E-state index contributed by atoms with van der Waals surface area (Å²) in [5.74, 6) is 0.816. The first-order chi connectivity index (χ1) is 12.7. The molecule has 1 fully saturated rings. The number of H-pyrrole nitrogens is 1. The quantitative estimate of drug-likeness (QED) is 0.711. The number of para-hydroxylation sites is 2. The summed E-state index contributed by atoms with van der Waals surface area (Å²) in [5.41, 5.74) is 3.38. The third kappa shape index (κ3) is 3.48. The minimum Gasteiger partial charge on any atom is -0.349 e. The van der Waals surface area contributed by atoms with Gasteiger partial charge in [0, 0.05) is 13.1 Å². The van der Waals surface area contributed by atoms with E-state index in [1.54, 1.807) is 0 Å². The van der Waals surface area contributed by atoms with Crippen molar-refractivity contribution >= 4 is 16.9 Å². The van der Waals surface area contributed by atoms with Crippen molar-refractivity contribution in [3.63, 3.8) is 0 Å². The first kappa shape index (κ1) is 16.8. The van der Waals surface area contributed by atoms with Crippen LogP contribution in [0, 0.1) is 6.92 Å². The number of aromatic nitrogens is 4. The Morgan fingerprint density at radius 3 is 2.92 bits per heavy atom. The summed E-state index contributed by atoms with van der Waals surface area (Å²) in [4.78, 5) is 19.2. The second-order valence-corrected chi connectivity index (χ2v) is 6.82. The van der Waals surface area contributed by atoms with Crippen LogP contribution in [0.4, 0.5) is 0 Å². The van der Waals surface area contributed by atoms with Gasteiger partial charge in [0.05, 0.1) is 23.3 Å². The van der Waals surface area contributed by atoms with Gasteiger partial charge in [0.2, 0.25) is 0 Å². The van der Waals surface area contributed by atoms with Gasteiger partial charge < -0.3 is 14.8 Å². The molecule has 0 spiro atoms. The molecule has 7 nitrogen and oxygen atoms in total. The number of rotatable bonds is 6. The summed E-state index contributed by atoms with van der Waals surface area (Å²) in [6.07, 6.45) is 2.53. The standard InChI is InChI=1S/C19H24N6O/c1-14-21-16-6-2-3-7-18(16)25(14)13-15-12-17(23-22-15)19(26)20-8-11-24-9-4-5-10-24/h2-3,6-7,12H,4-5,8-11,13H2,1H3,(H,20,26)(H,22,23). The van der Waals surface area contributed by atoms with Gasteiger partial charge in [-0.25, -0.2) is 4.98 Å². The number of imidazole rings is 1. The third-order valence-corrected chi connectivity index (χ3v) is 4.95. The SMILES string of the molecule is Cc1nc2ccccc2n1Cc1cc(C(=O)NCCN2CCCC2)n[nH]1. The zero-order valence-electron chi connectivity index (χ0n) is 15.0. The fourth-order valence-corrected chi connectivity index (χ4v) is 3.55. The molecule has 0 saturated carbocycles. The molecular formula is C19H24N6O. The highest BCUT2D eigenvalue weighted by Gasteiger charge is 2.14. The predicted molar refractivity (Wildman–Crippen MR) is 100 cm³/mol. The summed E-state index contributed by atoms with van der Waals surface area (Å²) in [7, 11) is 0. The number of hydrogen-bond donors (Lipinski definition) is 2. The number of fused-ring (bicyclic) bond motifs is 1. The van der Waals surface area contributed by atoms with E-state index in [1.165, 1.54) is 12.8 Å². The highest BCUT2D eigenvalue weighted by Crippen LogP contribution is 2.17. The van der Waals surface area contributed by atoms with E-state index in [0.717, 1.165) is 42.2 Å². The van der Waals surface area contributed by atoms with Crippen LogP contribution in [0.1, 0.15) is 34.8 Å². The molecule has 1 aliphatic heterocycles. The van der Waals surface area contributed by atoms with Crippen LogP contribution in [0.3, 0.4) is 0 Å². The maximum Gasteiger partial charge on any atom is 0.271 e. The van der Waals surface area contributed by atoms with E-state index in [-0.39, 0.29) is 5.91 Å². The van der Waals surface area contributed by atoms with Crippen LogP contribution in [0.15, 0.2) is 30.3 Å². The second kappa shape index (κ2) is 7.29. The monoisotopic (exact) mass is 352 g/mol.